The molecule has 1 nitrogen and oxygen atoms in total. The highest BCUT2D eigenvalue weighted by molar-refractivity contribution is 8.00. The van der Waals surface area contributed by atoms with E-state index in [9.17, 15) is 0 Å². The number of nitrogens with two attached hydrogens (primary N) is 1. The molecule has 2 aromatic rings. The zero-order valence-corrected chi connectivity index (χ0v) is 11.0. The van der Waals surface area contributed by atoms with Crippen LogP contribution in [0.2, 0.25) is 0 Å². The third-order valence-electron chi connectivity index (χ3n) is 2.14. The molecule has 0 aliphatic heterocycles. The van der Waals surface area contributed by atoms with E-state index < -0.39 is 0 Å². The van der Waals surface area contributed by atoms with Crippen LogP contribution in [0.4, 0.5) is 0 Å². The molecule has 0 aliphatic carbocycles. The lowest BCUT2D eigenvalue weighted by Gasteiger charge is -2.00. The molecule has 1 aromatic heterocycles. The first-order chi connectivity index (χ1) is 8.38. The molecule has 2 rings (SSSR count). The highest BCUT2D eigenvalue weighted by atomic mass is 32.2. The van der Waals surface area contributed by atoms with Crippen molar-refractivity contribution in [1.82, 2.24) is 0 Å². The summed E-state index contributed by atoms with van der Waals surface area (Å²) in [5.74, 6) is 6.92. The van der Waals surface area contributed by atoms with E-state index in [0.717, 1.165) is 11.3 Å². The maximum atomic E-state index is 5.36. The fraction of sp³-hybridized carbons (Fsp3) is 0.143. The second kappa shape index (κ2) is 6.51. The van der Waals surface area contributed by atoms with Gasteiger partial charge in [0.25, 0.3) is 0 Å². The van der Waals surface area contributed by atoms with Gasteiger partial charge in [-0.25, -0.2) is 0 Å². The van der Waals surface area contributed by atoms with Crippen molar-refractivity contribution < 1.29 is 0 Å². The molecule has 0 aliphatic rings. The Morgan fingerprint density at radius 3 is 2.94 bits per heavy atom. The summed E-state index contributed by atoms with van der Waals surface area (Å²) in [7, 11) is 0. The number of thiophene rings is 1. The zero-order chi connectivity index (χ0) is 11.9. The topological polar surface area (TPSA) is 26.0 Å². The van der Waals surface area contributed by atoms with Crippen molar-refractivity contribution in [3.63, 3.8) is 0 Å². The van der Waals surface area contributed by atoms with Crippen molar-refractivity contribution >= 4 is 23.1 Å². The van der Waals surface area contributed by atoms with Crippen molar-refractivity contribution in [3.05, 3.63) is 52.9 Å². The summed E-state index contributed by atoms with van der Waals surface area (Å²) in [6.45, 7) is 0.411. The quantitative estimate of drug-likeness (QED) is 0.676. The van der Waals surface area contributed by atoms with E-state index in [2.05, 4.69) is 41.5 Å². The van der Waals surface area contributed by atoms with Crippen molar-refractivity contribution in [2.45, 2.75) is 9.96 Å². The first-order valence-electron chi connectivity index (χ1n) is 5.32. The van der Waals surface area contributed by atoms with Gasteiger partial charge >= 0.3 is 0 Å². The van der Waals surface area contributed by atoms with Crippen molar-refractivity contribution in [2.24, 2.45) is 5.73 Å². The van der Waals surface area contributed by atoms with Crippen LogP contribution in [0.5, 0.6) is 0 Å². The molecule has 0 radical (unpaired) electrons. The molecule has 2 N–H and O–H groups in total. The average molecular weight is 259 g/mol. The third kappa shape index (κ3) is 3.94. The van der Waals surface area contributed by atoms with Crippen LogP contribution >= 0.6 is 23.1 Å². The van der Waals surface area contributed by atoms with Gasteiger partial charge in [-0.2, -0.15) is 0 Å². The van der Waals surface area contributed by atoms with Crippen molar-refractivity contribution in [2.75, 3.05) is 6.54 Å². The van der Waals surface area contributed by atoms with Gasteiger partial charge in [-0.15, -0.1) is 23.1 Å². The Labute approximate surface area is 110 Å². The molecule has 0 fully saturated rings. The number of rotatable bonds is 3. The number of hydrogen-bond acceptors (Lipinski definition) is 3. The minimum absolute atomic E-state index is 0.411. The van der Waals surface area contributed by atoms with Crippen LogP contribution in [0.3, 0.4) is 0 Å². The monoisotopic (exact) mass is 259 g/mol. The predicted molar refractivity (Wildman–Crippen MR) is 76.3 cm³/mol. The molecule has 1 aromatic carbocycles. The van der Waals surface area contributed by atoms with Gasteiger partial charge in [-0.1, -0.05) is 30.0 Å². The Hall–Kier alpha value is -1.21. The van der Waals surface area contributed by atoms with Crippen LogP contribution in [0.1, 0.15) is 11.1 Å². The van der Waals surface area contributed by atoms with Gasteiger partial charge in [0.15, 0.2) is 0 Å². The Balaban J connectivity index is 2.01. The van der Waals surface area contributed by atoms with Crippen LogP contribution in [-0.2, 0) is 5.75 Å². The predicted octanol–water partition coefficient (Wildman–Crippen LogP) is 3.35. The lowest BCUT2D eigenvalue weighted by Crippen LogP contribution is -1.93. The molecule has 0 spiro atoms. The SMILES string of the molecule is NCC#Cc1cccc(CSc2cccs2)c1. The van der Waals surface area contributed by atoms with Gasteiger partial charge in [0.2, 0.25) is 0 Å². The first kappa shape index (κ1) is 12.3. The number of benzene rings is 1. The Kier molecular flexibility index (Phi) is 4.69. The van der Waals surface area contributed by atoms with Crippen molar-refractivity contribution in [3.8, 4) is 11.8 Å². The molecule has 0 saturated carbocycles. The largest absolute Gasteiger partial charge is 0.320 e. The third-order valence-corrected chi connectivity index (χ3v) is 4.34. The van der Waals surface area contributed by atoms with Crippen LogP contribution < -0.4 is 5.73 Å². The van der Waals surface area contributed by atoms with E-state index >= 15 is 0 Å². The molecule has 0 saturated heterocycles. The van der Waals surface area contributed by atoms with E-state index in [1.54, 1.807) is 11.3 Å². The average Bonchev–Trinajstić information content (AvgIpc) is 2.87. The Bertz CT molecular complexity index is 521. The van der Waals surface area contributed by atoms with Gasteiger partial charge in [0, 0.05) is 11.3 Å². The van der Waals surface area contributed by atoms with E-state index in [-0.39, 0.29) is 0 Å². The number of hydrogen-bond donors (Lipinski definition) is 1. The van der Waals surface area contributed by atoms with E-state index in [1.165, 1.54) is 9.77 Å². The highest BCUT2D eigenvalue weighted by Crippen LogP contribution is 2.26. The second-order valence-electron chi connectivity index (χ2n) is 3.43. The fourth-order valence-corrected chi connectivity index (χ4v) is 3.12. The Morgan fingerprint density at radius 1 is 1.24 bits per heavy atom. The molecular formula is C14H13NS2. The summed E-state index contributed by atoms with van der Waals surface area (Å²) in [5, 5.41) is 2.10. The normalized spacial score (nSPS) is 9.71. The van der Waals surface area contributed by atoms with Gasteiger partial charge < -0.3 is 5.73 Å². The molecule has 1 heterocycles. The molecule has 17 heavy (non-hydrogen) atoms. The molecule has 0 amide bonds. The second-order valence-corrected chi connectivity index (χ2v) is 5.65. The lowest BCUT2D eigenvalue weighted by atomic mass is 10.1. The van der Waals surface area contributed by atoms with Crippen molar-refractivity contribution in [1.29, 1.82) is 0 Å². The number of thioether (sulfide) groups is 1. The summed E-state index contributed by atoms with van der Waals surface area (Å²) >= 11 is 3.64. The van der Waals surface area contributed by atoms with Crippen LogP contribution in [0.15, 0.2) is 46.0 Å². The highest BCUT2D eigenvalue weighted by Gasteiger charge is 1.97. The molecule has 3 heteroatoms. The van der Waals surface area contributed by atoms with E-state index in [0.29, 0.717) is 6.54 Å². The molecule has 0 atom stereocenters. The first-order valence-corrected chi connectivity index (χ1v) is 7.19. The van der Waals surface area contributed by atoms with Gasteiger partial charge in [0.1, 0.15) is 0 Å². The van der Waals surface area contributed by atoms with Crippen LogP contribution in [0.25, 0.3) is 0 Å². The summed E-state index contributed by atoms with van der Waals surface area (Å²) < 4.78 is 1.35. The summed E-state index contributed by atoms with van der Waals surface area (Å²) in [6, 6.07) is 12.5. The molecule has 0 unspecified atom stereocenters. The summed E-state index contributed by atoms with van der Waals surface area (Å²) in [6.07, 6.45) is 0. The zero-order valence-electron chi connectivity index (χ0n) is 9.35. The minimum atomic E-state index is 0.411. The van der Waals surface area contributed by atoms with Gasteiger partial charge in [0.05, 0.1) is 10.8 Å². The smallest absolute Gasteiger partial charge is 0.0601 e. The maximum Gasteiger partial charge on any atom is 0.0601 e. The summed E-state index contributed by atoms with van der Waals surface area (Å²) in [4.78, 5) is 0. The standard InChI is InChI=1S/C14H13NS2/c15-8-2-6-12-4-1-5-13(10-12)11-17-14-7-3-9-16-14/h1,3-5,7,9-10H,8,11,15H2. The van der Waals surface area contributed by atoms with Crippen LogP contribution in [0, 0.1) is 11.8 Å². The molecule has 86 valence electrons. The Morgan fingerprint density at radius 2 is 2.18 bits per heavy atom. The summed E-state index contributed by atoms with van der Waals surface area (Å²) in [5.41, 5.74) is 7.70. The van der Waals surface area contributed by atoms with E-state index in [1.807, 2.05) is 23.9 Å². The molecule has 0 bridgehead atoms. The van der Waals surface area contributed by atoms with Gasteiger partial charge in [-0.05, 0) is 29.1 Å². The maximum absolute atomic E-state index is 5.36. The fourth-order valence-electron chi connectivity index (χ4n) is 1.39. The van der Waals surface area contributed by atoms with Gasteiger partial charge in [-0.3, -0.25) is 0 Å². The lowest BCUT2D eigenvalue weighted by molar-refractivity contribution is 1.30. The molecular weight excluding hydrogens is 246 g/mol. The minimum Gasteiger partial charge on any atom is -0.320 e. The van der Waals surface area contributed by atoms with E-state index in [4.69, 9.17) is 5.73 Å². The van der Waals surface area contributed by atoms with Crippen LogP contribution in [-0.4, -0.2) is 6.54 Å².